The molecule has 1 rings (SSSR count). The van der Waals surface area contributed by atoms with Gasteiger partial charge in [-0.3, -0.25) is 4.79 Å². The van der Waals surface area contributed by atoms with Gasteiger partial charge in [-0.1, -0.05) is 46.4 Å². The number of carbonyl (C=O) groups excluding carboxylic acids is 1. The first kappa shape index (κ1) is 13.6. The van der Waals surface area contributed by atoms with Crippen molar-refractivity contribution in [1.82, 2.24) is 0 Å². The monoisotopic (exact) mass is 301 g/mol. The van der Waals surface area contributed by atoms with Gasteiger partial charge in [0.15, 0.2) is 0 Å². The maximum absolute atomic E-state index is 13.0. The Morgan fingerprint density at radius 3 is 2.38 bits per heavy atom. The molecule has 7 heteroatoms. The standard InChI is InChI=1S/C9H4Cl4FNO/c10-4-1-2-6(5(11)3-4)15-9(16)7(14)8(12)13/h1-3H,(H,15,16). The van der Waals surface area contributed by atoms with Crippen LogP contribution in [0.4, 0.5) is 10.1 Å². The smallest absolute Gasteiger partial charge is 0.286 e. The largest absolute Gasteiger partial charge is 0.319 e. The van der Waals surface area contributed by atoms with Crippen LogP contribution in [0.2, 0.25) is 10.0 Å². The quantitative estimate of drug-likeness (QED) is 0.798. The minimum absolute atomic E-state index is 0.180. The molecular formula is C9H4Cl4FNO. The molecule has 0 aliphatic carbocycles. The molecule has 0 radical (unpaired) electrons. The van der Waals surface area contributed by atoms with Crippen molar-refractivity contribution in [2.24, 2.45) is 0 Å². The van der Waals surface area contributed by atoms with Gasteiger partial charge in [0.05, 0.1) is 10.7 Å². The molecule has 0 spiro atoms. The molecule has 0 unspecified atom stereocenters. The summed E-state index contributed by atoms with van der Waals surface area (Å²) in [6, 6.07) is 4.33. The summed E-state index contributed by atoms with van der Waals surface area (Å²) in [5, 5.41) is 2.76. The SMILES string of the molecule is O=C(Nc1ccc(Cl)cc1Cl)C(F)=C(Cl)Cl. The van der Waals surface area contributed by atoms with Crippen LogP contribution in [0, 0.1) is 0 Å². The summed E-state index contributed by atoms with van der Waals surface area (Å²) in [6.45, 7) is 0. The fraction of sp³-hybridized carbons (Fsp3) is 0. The van der Waals surface area contributed by atoms with Crippen molar-refractivity contribution >= 4 is 58.0 Å². The normalized spacial score (nSPS) is 9.81. The van der Waals surface area contributed by atoms with E-state index in [0.29, 0.717) is 5.02 Å². The van der Waals surface area contributed by atoms with Crippen molar-refractivity contribution in [2.45, 2.75) is 0 Å². The average molecular weight is 303 g/mol. The Labute approximate surface area is 111 Å². The van der Waals surface area contributed by atoms with E-state index >= 15 is 0 Å². The van der Waals surface area contributed by atoms with Gasteiger partial charge in [0.2, 0.25) is 5.83 Å². The second-order valence-corrected chi connectivity index (χ2v) is 4.45. The van der Waals surface area contributed by atoms with Gasteiger partial charge >= 0.3 is 0 Å². The predicted molar refractivity (Wildman–Crippen MR) is 64.9 cm³/mol. The van der Waals surface area contributed by atoms with Gasteiger partial charge in [0.1, 0.15) is 4.49 Å². The number of rotatable bonds is 2. The molecule has 2 nitrogen and oxygen atoms in total. The van der Waals surface area contributed by atoms with Gasteiger partial charge in [-0.05, 0) is 18.2 Å². The second kappa shape index (κ2) is 5.73. The van der Waals surface area contributed by atoms with Crippen molar-refractivity contribution in [3.8, 4) is 0 Å². The number of hydrogen-bond donors (Lipinski definition) is 1. The Bertz CT molecular complexity index is 457. The lowest BCUT2D eigenvalue weighted by Crippen LogP contribution is -2.12. The third kappa shape index (κ3) is 3.52. The van der Waals surface area contributed by atoms with Crippen molar-refractivity contribution in [3.05, 3.63) is 38.6 Å². The number of carbonyl (C=O) groups is 1. The zero-order valence-electron chi connectivity index (χ0n) is 7.53. The van der Waals surface area contributed by atoms with Crippen LogP contribution in [0.25, 0.3) is 0 Å². The van der Waals surface area contributed by atoms with E-state index in [4.69, 9.17) is 46.4 Å². The van der Waals surface area contributed by atoms with Gasteiger partial charge in [-0.25, -0.2) is 0 Å². The summed E-state index contributed by atoms with van der Waals surface area (Å²) < 4.78 is 12.2. The molecule has 0 saturated carbocycles. The van der Waals surface area contributed by atoms with Crippen LogP contribution >= 0.6 is 46.4 Å². The molecule has 1 aromatic rings. The Balaban J connectivity index is 2.90. The van der Waals surface area contributed by atoms with Crippen molar-refractivity contribution in [3.63, 3.8) is 0 Å². The zero-order valence-corrected chi connectivity index (χ0v) is 10.6. The van der Waals surface area contributed by atoms with Gasteiger partial charge in [0, 0.05) is 5.02 Å². The molecule has 0 fully saturated rings. The maximum atomic E-state index is 13.0. The molecule has 0 aromatic heterocycles. The van der Waals surface area contributed by atoms with Crippen LogP contribution in [-0.2, 0) is 4.79 Å². The highest BCUT2D eigenvalue weighted by atomic mass is 35.5. The molecule has 16 heavy (non-hydrogen) atoms. The lowest BCUT2D eigenvalue weighted by Gasteiger charge is -2.05. The second-order valence-electron chi connectivity index (χ2n) is 2.65. The fourth-order valence-electron chi connectivity index (χ4n) is 0.854. The number of amides is 1. The van der Waals surface area contributed by atoms with Crippen LogP contribution in [0.3, 0.4) is 0 Å². The highest BCUT2D eigenvalue weighted by molar-refractivity contribution is 6.57. The first-order valence-corrected chi connectivity index (χ1v) is 5.40. The van der Waals surface area contributed by atoms with Gasteiger partial charge in [0.25, 0.3) is 5.91 Å². The summed E-state index contributed by atoms with van der Waals surface area (Å²) >= 11 is 21.6. The molecule has 1 aromatic carbocycles. The lowest BCUT2D eigenvalue weighted by molar-refractivity contribution is -0.114. The Kier molecular flexibility index (Phi) is 4.87. The summed E-state index contributed by atoms with van der Waals surface area (Å²) in [7, 11) is 0. The topological polar surface area (TPSA) is 29.1 Å². The van der Waals surface area contributed by atoms with E-state index in [1.54, 1.807) is 0 Å². The Morgan fingerprint density at radius 2 is 1.88 bits per heavy atom. The van der Waals surface area contributed by atoms with Crippen LogP contribution in [0.15, 0.2) is 28.5 Å². The van der Waals surface area contributed by atoms with Crippen molar-refractivity contribution in [2.75, 3.05) is 5.32 Å². The lowest BCUT2D eigenvalue weighted by atomic mass is 10.3. The van der Waals surface area contributed by atoms with E-state index in [1.165, 1.54) is 18.2 Å². The molecule has 0 saturated heterocycles. The third-order valence-electron chi connectivity index (χ3n) is 1.54. The molecule has 0 aliphatic heterocycles. The minimum Gasteiger partial charge on any atom is -0.319 e. The summed E-state index contributed by atoms with van der Waals surface area (Å²) in [5.41, 5.74) is 0.209. The van der Waals surface area contributed by atoms with Gasteiger partial charge in [-0.15, -0.1) is 0 Å². The van der Waals surface area contributed by atoms with Crippen LogP contribution < -0.4 is 5.32 Å². The highest BCUT2D eigenvalue weighted by Gasteiger charge is 2.14. The highest BCUT2D eigenvalue weighted by Crippen LogP contribution is 2.26. The first-order chi connectivity index (χ1) is 7.41. The Morgan fingerprint density at radius 1 is 1.25 bits per heavy atom. The van der Waals surface area contributed by atoms with Crippen molar-refractivity contribution < 1.29 is 9.18 Å². The molecule has 86 valence electrons. The number of anilines is 1. The first-order valence-electron chi connectivity index (χ1n) is 3.89. The van der Waals surface area contributed by atoms with E-state index in [-0.39, 0.29) is 10.7 Å². The van der Waals surface area contributed by atoms with E-state index in [0.717, 1.165) is 0 Å². The molecule has 0 bridgehead atoms. The number of halogens is 5. The number of nitrogens with one attached hydrogen (secondary N) is 1. The third-order valence-corrected chi connectivity index (χ3v) is 2.42. The van der Waals surface area contributed by atoms with E-state index in [1.807, 2.05) is 0 Å². The Hall–Kier alpha value is -0.480. The molecule has 0 atom stereocenters. The molecule has 1 N–H and O–H groups in total. The minimum atomic E-state index is -1.28. The molecule has 0 aliphatic rings. The number of hydrogen-bond acceptors (Lipinski definition) is 1. The summed E-state index contributed by atoms with van der Waals surface area (Å²) in [6.07, 6.45) is 0. The molecular weight excluding hydrogens is 299 g/mol. The van der Waals surface area contributed by atoms with Gasteiger partial charge in [-0.2, -0.15) is 4.39 Å². The van der Waals surface area contributed by atoms with E-state index < -0.39 is 16.2 Å². The van der Waals surface area contributed by atoms with Gasteiger partial charge < -0.3 is 5.32 Å². The maximum Gasteiger partial charge on any atom is 0.286 e. The fourth-order valence-corrected chi connectivity index (χ4v) is 1.48. The summed E-state index contributed by atoms with van der Waals surface area (Å²) in [4.78, 5) is 11.2. The zero-order chi connectivity index (χ0) is 12.3. The average Bonchev–Trinajstić information content (AvgIpc) is 2.20. The van der Waals surface area contributed by atoms with Crippen LogP contribution in [-0.4, -0.2) is 5.91 Å². The predicted octanol–water partition coefficient (Wildman–Crippen LogP) is 4.55. The van der Waals surface area contributed by atoms with Crippen LogP contribution in [0.5, 0.6) is 0 Å². The van der Waals surface area contributed by atoms with Crippen molar-refractivity contribution in [1.29, 1.82) is 0 Å². The van der Waals surface area contributed by atoms with E-state index in [9.17, 15) is 9.18 Å². The molecule has 0 heterocycles. The molecule has 1 amide bonds. The summed E-state index contributed by atoms with van der Waals surface area (Å²) in [5.74, 6) is -2.36. The number of benzene rings is 1. The van der Waals surface area contributed by atoms with Crippen LogP contribution in [0.1, 0.15) is 0 Å². The van der Waals surface area contributed by atoms with E-state index in [2.05, 4.69) is 5.32 Å².